The number of nitrogens with one attached hydrogen (secondary N) is 2. The second kappa shape index (κ2) is 7.07. The van der Waals surface area contributed by atoms with Gasteiger partial charge in [-0.1, -0.05) is 19.5 Å². The molecule has 2 N–H and O–H groups in total. The lowest BCUT2D eigenvalue weighted by atomic mass is 10.1. The van der Waals surface area contributed by atoms with E-state index in [-0.39, 0.29) is 0 Å². The maximum absolute atomic E-state index is 3.77. The topological polar surface area (TPSA) is 24.1 Å². The van der Waals surface area contributed by atoms with Gasteiger partial charge in [-0.15, -0.1) is 0 Å². The summed E-state index contributed by atoms with van der Waals surface area (Å²) in [4.78, 5) is 7.55. The molecular weight excluding hydrogens is 240 g/mol. The van der Waals surface area contributed by atoms with Crippen molar-refractivity contribution in [2.24, 2.45) is 0 Å². The molecule has 0 aromatic carbocycles. The minimum absolute atomic E-state index is 0.304. The lowest BCUT2D eigenvalue weighted by molar-refractivity contribution is 0.515. The normalized spacial score (nSPS) is 16.9. The third-order valence-electron chi connectivity index (χ3n) is 2.63. The van der Waals surface area contributed by atoms with Crippen LogP contribution in [-0.4, -0.2) is 29.0 Å². The van der Waals surface area contributed by atoms with E-state index in [1.807, 2.05) is 0 Å². The van der Waals surface area contributed by atoms with Crippen molar-refractivity contribution in [3.05, 3.63) is 0 Å². The van der Waals surface area contributed by atoms with Gasteiger partial charge in [-0.2, -0.15) is 0 Å². The van der Waals surface area contributed by atoms with Gasteiger partial charge in [-0.05, 0) is 53.6 Å². The van der Waals surface area contributed by atoms with Gasteiger partial charge in [0.25, 0.3) is 0 Å². The maximum atomic E-state index is 3.77. The largest absolute Gasteiger partial charge is 0.335 e. The van der Waals surface area contributed by atoms with Crippen molar-refractivity contribution < 1.29 is 0 Å². The molecule has 0 saturated heterocycles. The summed E-state index contributed by atoms with van der Waals surface area (Å²) in [5.74, 6) is 0. The summed E-state index contributed by atoms with van der Waals surface area (Å²) in [6.07, 6.45) is 1.41. The zero-order valence-electron chi connectivity index (χ0n) is 13.3. The van der Waals surface area contributed by atoms with E-state index in [0.29, 0.717) is 11.1 Å². The summed E-state index contributed by atoms with van der Waals surface area (Å²) < 4.78 is 0. The quantitative estimate of drug-likeness (QED) is 0.728. The molecule has 0 saturated carbocycles. The van der Waals surface area contributed by atoms with E-state index >= 15 is 0 Å². The molecule has 17 heavy (non-hydrogen) atoms. The van der Waals surface area contributed by atoms with Crippen molar-refractivity contribution in [3.63, 3.8) is 0 Å². The van der Waals surface area contributed by atoms with Crippen LogP contribution in [0.25, 0.3) is 0 Å². The van der Waals surface area contributed by atoms with Crippen molar-refractivity contribution in [3.8, 4) is 0 Å². The van der Waals surface area contributed by atoms with Crippen LogP contribution in [0.3, 0.4) is 0 Å². The van der Waals surface area contributed by atoms with Crippen LogP contribution < -0.4 is 9.96 Å². The molecule has 4 heteroatoms. The summed E-state index contributed by atoms with van der Waals surface area (Å²) in [6.45, 7) is 18.5. The van der Waals surface area contributed by atoms with Crippen LogP contribution in [0.2, 0.25) is 25.2 Å². The number of hydrogen-bond acceptors (Lipinski definition) is 2. The molecule has 0 radical (unpaired) electrons. The average molecular weight is 275 g/mol. The summed E-state index contributed by atoms with van der Waals surface area (Å²) in [5.41, 5.74) is 0.608. The summed E-state index contributed by atoms with van der Waals surface area (Å²) >= 11 is 0. The van der Waals surface area contributed by atoms with Crippen LogP contribution in [0.5, 0.6) is 0 Å². The first-order valence-corrected chi connectivity index (χ1v) is 12.1. The fraction of sp³-hybridized carbons (Fsp3) is 1.00. The Kier molecular flexibility index (Phi) is 7.22. The molecule has 0 aliphatic heterocycles. The molecule has 0 fully saturated rings. The van der Waals surface area contributed by atoms with Gasteiger partial charge in [0, 0.05) is 11.1 Å². The van der Waals surface area contributed by atoms with Gasteiger partial charge < -0.3 is 9.96 Å². The molecule has 0 spiro atoms. The Balaban J connectivity index is 3.70. The summed E-state index contributed by atoms with van der Waals surface area (Å²) in [7, 11) is -1.39. The molecule has 0 aromatic rings. The molecular formula is C13H34N2Si2. The van der Waals surface area contributed by atoms with E-state index in [9.17, 15) is 0 Å². The van der Waals surface area contributed by atoms with Crippen LogP contribution in [0, 0.1) is 0 Å². The Morgan fingerprint density at radius 1 is 0.706 bits per heavy atom. The number of hydrogen-bond donors (Lipinski definition) is 2. The van der Waals surface area contributed by atoms with Crippen molar-refractivity contribution in [2.45, 2.75) is 84.2 Å². The summed E-state index contributed by atoms with van der Waals surface area (Å²) in [6, 6.07) is 2.86. The second-order valence-corrected chi connectivity index (χ2v) is 12.9. The zero-order valence-corrected chi connectivity index (χ0v) is 15.6. The van der Waals surface area contributed by atoms with Crippen LogP contribution in [-0.2, 0) is 0 Å². The molecule has 2 atom stereocenters. The second-order valence-electron chi connectivity index (χ2n) is 7.52. The highest BCUT2D eigenvalue weighted by Gasteiger charge is 2.16. The molecule has 0 aromatic heterocycles. The van der Waals surface area contributed by atoms with Gasteiger partial charge in [0.1, 0.15) is 17.9 Å². The fourth-order valence-electron chi connectivity index (χ4n) is 2.35. The molecule has 0 rings (SSSR count). The molecule has 2 nitrogen and oxygen atoms in total. The first-order chi connectivity index (χ1) is 7.49. The number of rotatable bonds is 6. The Bertz CT molecular complexity index is 184. The van der Waals surface area contributed by atoms with Gasteiger partial charge in [-0.25, -0.2) is 0 Å². The van der Waals surface area contributed by atoms with Crippen LogP contribution in [0.15, 0.2) is 0 Å². The van der Waals surface area contributed by atoms with Gasteiger partial charge in [-0.3, -0.25) is 0 Å². The first-order valence-electron chi connectivity index (χ1n) is 7.05. The van der Waals surface area contributed by atoms with Crippen LogP contribution in [0.1, 0.15) is 48.0 Å². The monoisotopic (exact) mass is 274 g/mol. The molecule has 0 heterocycles. The average Bonchev–Trinajstić information content (AvgIpc) is 1.95. The standard InChI is InChI=1S/C13H34N2Si2/c1-12(2,3)14-16(7)10-9-11-17(8)15-13(4,5)6/h14-17H,9-11H2,1-8H3. The van der Waals surface area contributed by atoms with Crippen LogP contribution in [0.4, 0.5) is 0 Å². The van der Waals surface area contributed by atoms with E-state index in [1.54, 1.807) is 0 Å². The Morgan fingerprint density at radius 3 is 1.24 bits per heavy atom. The molecule has 0 aliphatic carbocycles. The lowest BCUT2D eigenvalue weighted by Crippen LogP contribution is -2.46. The van der Waals surface area contributed by atoms with Gasteiger partial charge in [0.2, 0.25) is 0 Å². The highest BCUT2D eigenvalue weighted by atomic mass is 28.3. The Morgan fingerprint density at radius 2 is 1.00 bits per heavy atom. The molecule has 2 unspecified atom stereocenters. The predicted octanol–water partition coefficient (Wildman–Crippen LogP) is 2.86. The SMILES string of the molecule is C[SiH](CCC[SiH](C)NC(C)(C)C)NC(C)(C)C. The Hall–Kier alpha value is 0.354. The third-order valence-corrected chi connectivity index (χ3v) is 7.90. The fourth-order valence-corrected chi connectivity index (χ4v) is 7.77. The van der Waals surface area contributed by atoms with E-state index in [4.69, 9.17) is 0 Å². The van der Waals surface area contributed by atoms with Gasteiger partial charge in [0.05, 0.1) is 0 Å². The maximum Gasteiger partial charge on any atom is 0.106 e. The highest BCUT2D eigenvalue weighted by molar-refractivity contribution is 6.56. The van der Waals surface area contributed by atoms with E-state index in [0.717, 1.165) is 0 Å². The third kappa shape index (κ3) is 12.6. The van der Waals surface area contributed by atoms with Crippen LogP contribution >= 0.6 is 0 Å². The smallest absolute Gasteiger partial charge is 0.106 e. The van der Waals surface area contributed by atoms with Crippen molar-refractivity contribution >= 4 is 17.9 Å². The predicted molar refractivity (Wildman–Crippen MR) is 86.0 cm³/mol. The Labute approximate surface area is 112 Å². The van der Waals surface area contributed by atoms with Gasteiger partial charge in [0.15, 0.2) is 0 Å². The van der Waals surface area contributed by atoms with E-state index < -0.39 is 17.9 Å². The van der Waals surface area contributed by atoms with Crippen molar-refractivity contribution in [2.75, 3.05) is 0 Å². The minimum atomic E-state index is -0.695. The molecule has 0 aliphatic rings. The lowest BCUT2D eigenvalue weighted by Gasteiger charge is -2.27. The van der Waals surface area contributed by atoms with Crippen molar-refractivity contribution in [1.82, 2.24) is 9.96 Å². The van der Waals surface area contributed by atoms with E-state index in [2.05, 4.69) is 64.6 Å². The zero-order chi connectivity index (χ0) is 13.7. The van der Waals surface area contributed by atoms with Gasteiger partial charge >= 0.3 is 0 Å². The first kappa shape index (κ1) is 17.4. The molecule has 104 valence electrons. The molecule has 0 amide bonds. The van der Waals surface area contributed by atoms with Crippen molar-refractivity contribution in [1.29, 1.82) is 0 Å². The summed E-state index contributed by atoms with van der Waals surface area (Å²) in [5, 5.41) is 0. The minimum Gasteiger partial charge on any atom is -0.335 e. The van der Waals surface area contributed by atoms with E-state index in [1.165, 1.54) is 18.5 Å². The molecule has 0 bridgehead atoms. The highest BCUT2D eigenvalue weighted by Crippen LogP contribution is 2.09.